The summed E-state index contributed by atoms with van der Waals surface area (Å²) in [7, 11) is 0. The second-order valence-electron chi connectivity index (χ2n) is 6.49. The number of hydrogen-bond donors (Lipinski definition) is 1. The Hall–Kier alpha value is -3.01. The number of carbonyl (C=O) groups excluding carboxylic acids is 3. The van der Waals surface area contributed by atoms with Crippen LogP contribution in [-0.4, -0.2) is 60.9 Å². The molecule has 3 rings (SSSR count). The van der Waals surface area contributed by atoms with E-state index in [2.05, 4.69) is 5.32 Å². The summed E-state index contributed by atoms with van der Waals surface area (Å²) in [5, 5.41) is 2.52. The van der Waals surface area contributed by atoms with Gasteiger partial charge in [-0.1, -0.05) is 18.2 Å². The van der Waals surface area contributed by atoms with Crippen molar-refractivity contribution in [2.75, 3.05) is 13.2 Å². The third kappa shape index (κ3) is 4.70. The third-order valence-corrected chi connectivity index (χ3v) is 4.53. The lowest BCUT2D eigenvalue weighted by atomic mass is 9.98. The molecule has 29 heavy (non-hydrogen) atoms. The van der Waals surface area contributed by atoms with Gasteiger partial charge in [-0.15, -0.1) is 0 Å². The Morgan fingerprint density at radius 2 is 2.03 bits per heavy atom. The molecule has 2 aliphatic rings. The van der Waals surface area contributed by atoms with E-state index in [9.17, 15) is 23.2 Å². The molecule has 0 aliphatic carbocycles. The first-order valence-electron chi connectivity index (χ1n) is 8.94. The lowest BCUT2D eigenvalue weighted by molar-refractivity contribution is -0.156. The fourth-order valence-corrected chi connectivity index (χ4v) is 3.24. The predicted octanol–water partition coefficient (Wildman–Crippen LogP) is 1.92. The van der Waals surface area contributed by atoms with E-state index in [1.807, 2.05) is 0 Å². The molecule has 2 amide bonds. The first-order chi connectivity index (χ1) is 13.9. The van der Waals surface area contributed by atoms with E-state index in [0.717, 1.165) is 11.8 Å². The van der Waals surface area contributed by atoms with E-state index in [1.54, 1.807) is 24.3 Å². The third-order valence-electron chi connectivity index (χ3n) is 4.53. The molecule has 1 aromatic rings. The molecule has 8 nitrogen and oxygen atoms in total. The van der Waals surface area contributed by atoms with Gasteiger partial charge in [-0.05, 0) is 18.2 Å². The summed E-state index contributed by atoms with van der Waals surface area (Å²) < 4.78 is 43.5. The van der Waals surface area contributed by atoms with Gasteiger partial charge < -0.3 is 19.5 Å². The normalized spacial score (nSPS) is 26.3. The first kappa shape index (κ1) is 20.7. The van der Waals surface area contributed by atoms with Crippen LogP contribution in [0.25, 0.3) is 0 Å². The van der Waals surface area contributed by atoms with E-state index in [0.29, 0.717) is 0 Å². The van der Waals surface area contributed by atoms with Gasteiger partial charge in [-0.25, -0.2) is 18.4 Å². The minimum atomic E-state index is -2.94. The maximum Gasteiger partial charge on any atom is 0.338 e. The highest BCUT2D eigenvalue weighted by Crippen LogP contribution is 2.36. The molecule has 0 aromatic heterocycles. The SMILES string of the molecule is CC(=O)OC1C(C(F)F)C(COC(=O)c2ccccc2)OC1N1C=CCNC1=O. The number of nitrogens with zero attached hydrogens (tertiary/aromatic N) is 1. The first-order valence-corrected chi connectivity index (χ1v) is 8.94. The van der Waals surface area contributed by atoms with Crippen LogP contribution in [-0.2, 0) is 19.0 Å². The summed E-state index contributed by atoms with van der Waals surface area (Å²) in [6.07, 6.45) is -3.96. The van der Waals surface area contributed by atoms with Crippen LogP contribution in [0.3, 0.4) is 0 Å². The Morgan fingerprint density at radius 3 is 2.66 bits per heavy atom. The van der Waals surface area contributed by atoms with Crippen molar-refractivity contribution in [1.29, 1.82) is 0 Å². The van der Waals surface area contributed by atoms with Crippen molar-refractivity contribution in [3.8, 4) is 0 Å². The number of hydrogen-bond acceptors (Lipinski definition) is 6. The maximum absolute atomic E-state index is 13.8. The molecular formula is C19H20F2N2O6. The standard InChI is InChI=1S/C19H20F2N2O6/c1-11(24)28-15-14(16(20)21)13(10-27-18(25)12-6-3-2-4-7-12)29-17(15)23-9-5-8-22-19(23)26/h2-7,9,13-17H,8,10H2,1H3,(H,22,26). The lowest BCUT2D eigenvalue weighted by Crippen LogP contribution is -2.51. The molecule has 0 radical (unpaired) electrons. The number of nitrogens with one attached hydrogen (secondary N) is 1. The smallest absolute Gasteiger partial charge is 0.338 e. The van der Waals surface area contributed by atoms with Crippen molar-refractivity contribution < 1.29 is 37.4 Å². The molecule has 156 valence electrons. The zero-order valence-corrected chi connectivity index (χ0v) is 15.5. The summed E-state index contributed by atoms with van der Waals surface area (Å²) in [4.78, 5) is 36.8. The fourth-order valence-electron chi connectivity index (χ4n) is 3.24. The largest absolute Gasteiger partial charge is 0.459 e. The Kier molecular flexibility index (Phi) is 6.42. The number of halogens is 2. The van der Waals surface area contributed by atoms with Gasteiger partial charge in [-0.3, -0.25) is 9.69 Å². The molecule has 1 aromatic carbocycles. The molecule has 10 heteroatoms. The summed E-state index contributed by atoms with van der Waals surface area (Å²) in [6, 6.07) is 7.46. The summed E-state index contributed by atoms with van der Waals surface area (Å²) >= 11 is 0. The van der Waals surface area contributed by atoms with Crippen molar-refractivity contribution in [2.24, 2.45) is 5.92 Å². The molecule has 4 unspecified atom stereocenters. The molecular weight excluding hydrogens is 390 g/mol. The maximum atomic E-state index is 13.8. The highest BCUT2D eigenvalue weighted by molar-refractivity contribution is 5.89. The van der Waals surface area contributed by atoms with Gasteiger partial charge in [-0.2, -0.15) is 0 Å². The molecule has 4 atom stereocenters. The Balaban J connectivity index is 1.79. The van der Waals surface area contributed by atoms with Gasteiger partial charge in [0, 0.05) is 19.7 Å². The van der Waals surface area contributed by atoms with Crippen LogP contribution in [0.1, 0.15) is 17.3 Å². The summed E-state index contributed by atoms with van der Waals surface area (Å²) in [5.41, 5.74) is 0.255. The van der Waals surface area contributed by atoms with Crippen LogP contribution >= 0.6 is 0 Å². The van der Waals surface area contributed by atoms with Crippen LogP contribution in [0.4, 0.5) is 13.6 Å². The fraction of sp³-hybridized carbons (Fsp3) is 0.421. The Bertz CT molecular complexity index is 788. The number of amides is 2. The summed E-state index contributed by atoms with van der Waals surface area (Å²) in [6.45, 7) is 0.862. The lowest BCUT2D eigenvalue weighted by Gasteiger charge is -2.31. The summed E-state index contributed by atoms with van der Waals surface area (Å²) in [5.74, 6) is -3.08. The van der Waals surface area contributed by atoms with E-state index >= 15 is 0 Å². The van der Waals surface area contributed by atoms with Crippen LogP contribution < -0.4 is 5.32 Å². The van der Waals surface area contributed by atoms with Crippen molar-refractivity contribution >= 4 is 18.0 Å². The molecule has 1 fully saturated rings. The van der Waals surface area contributed by atoms with Crippen LogP contribution in [0.5, 0.6) is 0 Å². The highest BCUT2D eigenvalue weighted by atomic mass is 19.3. The minimum Gasteiger partial charge on any atom is -0.459 e. The molecule has 0 saturated carbocycles. The van der Waals surface area contributed by atoms with Crippen LogP contribution in [0, 0.1) is 5.92 Å². The van der Waals surface area contributed by atoms with Gasteiger partial charge in [0.1, 0.15) is 12.7 Å². The van der Waals surface area contributed by atoms with E-state index in [1.165, 1.54) is 18.3 Å². The monoisotopic (exact) mass is 410 g/mol. The average Bonchev–Trinajstić information content (AvgIpc) is 3.04. The van der Waals surface area contributed by atoms with Gasteiger partial charge in [0.25, 0.3) is 0 Å². The van der Waals surface area contributed by atoms with Gasteiger partial charge in [0.15, 0.2) is 12.3 Å². The molecule has 0 spiro atoms. The Morgan fingerprint density at radius 1 is 1.31 bits per heavy atom. The number of ether oxygens (including phenoxy) is 3. The van der Waals surface area contributed by atoms with Crippen LogP contribution in [0.15, 0.2) is 42.6 Å². The topological polar surface area (TPSA) is 94.2 Å². The van der Waals surface area contributed by atoms with Gasteiger partial charge in [0.05, 0.1) is 11.5 Å². The second kappa shape index (κ2) is 8.99. The van der Waals surface area contributed by atoms with Gasteiger partial charge in [0.2, 0.25) is 6.43 Å². The zero-order chi connectivity index (χ0) is 21.0. The van der Waals surface area contributed by atoms with E-state index < -0.39 is 55.4 Å². The zero-order valence-electron chi connectivity index (χ0n) is 15.5. The molecule has 2 heterocycles. The number of benzene rings is 1. The predicted molar refractivity (Wildman–Crippen MR) is 94.8 cm³/mol. The van der Waals surface area contributed by atoms with Gasteiger partial charge >= 0.3 is 18.0 Å². The molecule has 1 N–H and O–H groups in total. The van der Waals surface area contributed by atoms with Crippen molar-refractivity contribution in [1.82, 2.24) is 10.2 Å². The minimum absolute atomic E-state index is 0.255. The second-order valence-corrected chi connectivity index (χ2v) is 6.49. The van der Waals surface area contributed by atoms with Crippen LogP contribution in [0.2, 0.25) is 0 Å². The molecule has 0 bridgehead atoms. The number of carbonyl (C=O) groups is 3. The number of esters is 2. The van der Waals surface area contributed by atoms with E-state index in [-0.39, 0.29) is 12.1 Å². The molecule has 2 aliphatic heterocycles. The number of rotatable bonds is 6. The van der Waals surface area contributed by atoms with E-state index in [4.69, 9.17) is 14.2 Å². The average molecular weight is 410 g/mol. The number of alkyl halides is 2. The number of urea groups is 1. The quantitative estimate of drug-likeness (QED) is 0.721. The highest BCUT2D eigenvalue weighted by Gasteiger charge is 2.54. The van der Waals surface area contributed by atoms with Crippen molar-refractivity contribution in [3.63, 3.8) is 0 Å². The molecule has 1 saturated heterocycles. The van der Waals surface area contributed by atoms with Crippen molar-refractivity contribution in [2.45, 2.75) is 31.8 Å². The van der Waals surface area contributed by atoms with Crippen molar-refractivity contribution in [3.05, 3.63) is 48.2 Å². The Labute approximate surface area is 165 Å².